The maximum absolute atomic E-state index is 6.22. The first-order chi connectivity index (χ1) is 8.48. The largest absolute Gasteiger partial charge is 0.492 e. The van der Waals surface area contributed by atoms with Gasteiger partial charge in [-0.1, -0.05) is 46.0 Å². The highest BCUT2D eigenvalue weighted by Crippen LogP contribution is 2.35. The molecule has 0 aromatic carbocycles. The Balaban J connectivity index is 2.60. The third-order valence-electron chi connectivity index (χ3n) is 4.11. The molecule has 0 aromatic rings. The highest BCUT2D eigenvalue weighted by Gasteiger charge is 2.27. The van der Waals surface area contributed by atoms with Crippen molar-refractivity contribution >= 4 is 0 Å². The van der Waals surface area contributed by atoms with Crippen LogP contribution in [0.5, 0.6) is 0 Å². The summed E-state index contributed by atoms with van der Waals surface area (Å²) in [6.45, 7) is 11.3. The Kier molecular flexibility index (Phi) is 6.25. The van der Waals surface area contributed by atoms with E-state index in [1.54, 1.807) is 0 Å². The van der Waals surface area contributed by atoms with E-state index in [4.69, 9.17) is 4.74 Å². The molecule has 0 N–H and O–H groups in total. The van der Waals surface area contributed by atoms with Gasteiger partial charge in [-0.3, -0.25) is 0 Å². The van der Waals surface area contributed by atoms with E-state index in [0.717, 1.165) is 12.3 Å². The molecule has 1 heterocycles. The van der Waals surface area contributed by atoms with Crippen LogP contribution in [0.3, 0.4) is 0 Å². The first kappa shape index (κ1) is 15.6. The van der Waals surface area contributed by atoms with Crippen molar-refractivity contribution in [1.82, 2.24) is 0 Å². The van der Waals surface area contributed by atoms with Crippen molar-refractivity contribution in [3.63, 3.8) is 0 Å². The molecule has 1 heteroatoms. The van der Waals surface area contributed by atoms with E-state index in [0.29, 0.717) is 0 Å². The van der Waals surface area contributed by atoms with Crippen LogP contribution in [0.4, 0.5) is 0 Å². The van der Waals surface area contributed by atoms with Crippen LogP contribution in [0.25, 0.3) is 0 Å². The monoisotopic (exact) mass is 252 g/mol. The molecule has 0 saturated carbocycles. The molecule has 0 saturated heterocycles. The highest BCUT2D eigenvalue weighted by molar-refractivity contribution is 5.11. The maximum atomic E-state index is 6.22. The molecule has 1 rings (SSSR count). The van der Waals surface area contributed by atoms with Crippen molar-refractivity contribution < 1.29 is 4.74 Å². The van der Waals surface area contributed by atoms with E-state index in [9.17, 15) is 0 Å². The molecular formula is C17H32O. The molecule has 0 spiro atoms. The lowest BCUT2D eigenvalue weighted by Gasteiger charge is -2.35. The molecule has 0 fully saturated rings. The van der Waals surface area contributed by atoms with Crippen molar-refractivity contribution in [3.05, 3.63) is 11.3 Å². The molecule has 0 bridgehead atoms. The van der Waals surface area contributed by atoms with Crippen molar-refractivity contribution in [2.45, 2.75) is 91.6 Å². The smallest absolute Gasteiger partial charge is 0.103 e. The lowest BCUT2D eigenvalue weighted by molar-refractivity contribution is 0.00370. The van der Waals surface area contributed by atoms with Gasteiger partial charge in [-0.05, 0) is 45.1 Å². The summed E-state index contributed by atoms with van der Waals surface area (Å²) in [5.41, 5.74) is 1.54. The minimum atomic E-state index is 0.0519. The van der Waals surface area contributed by atoms with Crippen LogP contribution in [-0.4, -0.2) is 5.60 Å². The standard InChI is InChI=1S/C17H32O/c1-6-8-10-15(9-7-2)13-16-14(3)11-12-17(4,5)18-16/h15H,6-13H2,1-5H3. The summed E-state index contributed by atoms with van der Waals surface area (Å²) in [7, 11) is 0. The first-order valence-electron chi connectivity index (χ1n) is 7.86. The average molecular weight is 252 g/mol. The second-order valence-electron chi connectivity index (χ2n) is 6.57. The summed E-state index contributed by atoms with van der Waals surface area (Å²) in [6.07, 6.45) is 10.2. The second kappa shape index (κ2) is 7.21. The van der Waals surface area contributed by atoms with E-state index in [1.807, 2.05) is 0 Å². The van der Waals surface area contributed by atoms with Crippen molar-refractivity contribution in [3.8, 4) is 0 Å². The molecule has 1 nitrogen and oxygen atoms in total. The van der Waals surface area contributed by atoms with Gasteiger partial charge in [0.15, 0.2) is 0 Å². The van der Waals surface area contributed by atoms with Crippen LogP contribution in [0.2, 0.25) is 0 Å². The van der Waals surface area contributed by atoms with E-state index in [2.05, 4.69) is 34.6 Å². The van der Waals surface area contributed by atoms with Gasteiger partial charge in [0, 0.05) is 6.42 Å². The van der Waals surface area contributed by atoms with E-state index >= 15 is 0 Å². The van der Waals surface area contributed by atoms with Gasteiger partial charge in [-0.15, -0.1) is 0 Å². The van der Waals surface area contributed by atoms with Gasteiger partial charge in [0.05, 0.1) is 5.76 Å². The normalized spacial score (nSPS) is 20.7. The van der Waals surface area contributed by atoms with Gasteiger partial charge in [-0.2, -0.15) is 0 Å². The zero-order valence-electron chi connectivity index (χ0n) is 13.1. The molecule has 1 atom stereocenters. The fourth-order valence-electron chi connectivity index (χ4n) is 2.83. The van der Waals surface area contributed by atoms with Crippen LogP contribution >= 0.6 is 0 Å². The first-order valence-corrected chi connectivity index (χ1v) is 7.86. The highest BCUT2D eigenvalue weighted by atomic mass is 16.5. The Morgan fingerprint density at radius 2 is 1.89 bits per heavy atom. The minimum absolute atomic E-state index is 0.0519. The lowest BCUT2D eigenvalue weighted by atomic mass is 9.88. The summed E-state index contributed by atoms with van der Waals surface area (Å²) in [4.78, 5) is 0. The van der Waals surface area contributed by atoms with E-state index < -0.39 is 0 Å². The van der Waals surface area contributed by atoms with E-state index in [-0.39, 0.29) is 5.60 Å². The van der Waals surface area contributed by atoms with Crippen LogP contribution in [0, 0.1) is 5.92 Å². The Hall–Kier alpha value is -0.460. The number of hydrogen-bond acceptors (Lipinski definition) is 1. The Bertz CT molecular complexity index is 275. The molecule has 1 aliphatic rings. The van der Waals surface area contributed by atoms with Crippen LogP contribution in [-0.2, 0) is 4.74 Å². The maximum Gasteiger partial charge on any atom is 0.103 e. The Morgan fingerprint density at radius 3 is 2.50 bits per heavy atom. The molecule has 1 aliphatic heterocycles. The minimum Gasteiger partial charge on any atom is -0.492 e. The number of allylic oxidation sites excluding steroid dienone is 2. The Morgan fingerprint density at radius 1 is 1.17 bits per heavy atom. The number of hydrogen-bond donors (Lipinski definition) is 0. The van der Waals surface area contributed by atoms with Crippen LogP contribution in [0.15, 0.2) is 11.3 Å². The molecule has 0 aromatic heterocycles. The van der Waals surface area contributed by atoms with Crippen LogP contribution in [0.1, 0.15) is 86.0 Å². The van der Waals surface area contributed by atoms with Crippen LogP contribution < -0.4 is 0 Å². The summed E-state index contributed by atoms with van der Waals surface area (Å²) in [6, 6.07) is 0. The third kappa shape index (κ3) is 5.04. The van der Waals surface area contributed by atoms with Gasteiger partial charge in [-0.25, -0.2) is 0 Å². The summed E-state index contributed by atoms with van der Waals surface area (Å²) < 4.78 is 6.22. The molecular weight excluding hydrogens is 220 g/mol. The summed E-state index contributed by atoms with van der Waals surface area (Å²) >= 11 is 0. The van der Waals surface area contributed by atoms with Gasteiger partial charge in [0.25, 0.3) is 0 Å². The Labute approximate surface area is 114 Å². The topological polar surface area (TPSA) is 9.23 Å². The fraction of sp³-hybridized carbons (Fsp3) is 0.882. The molecule has 18 heavy (non-hydrogen) atoms. The molecule has 0 aliphatic carbocycles. The average Bonchev–Trinajstić information content (AvgIpc) is 2.31. The summed E-state index contributed by atoms with van der Waals surface area (Å²) in [5, 5.41) is 0. The predicted molar refractivity (Wildman–Crippen MR) is 79.6 cm³/mol. The number of ether oxygens (including phenoxy) is 1. The zero-order chi connectivity index (χ0) is 13.6. The SMILES string of the molecule is CCCCC(CCC)CC1=C(C)CCC(C)(C)O1. The second-order valence-corrected chi connectivity index (χ2v) is 6.57. The lowest BCUT2D eigenvalue weighted by Crippen LogP contribution is -2.28. The quantitative estimate of drug-likeness (QED) is 0.552. The molecule has 0 radical (unpaired) electrons. The molecule has 1 unspecified atom stereocenters. The van der Waals surface area contributed by atoms with Gasteiger partial charge in [0.1, 0.15) is 5.60 Å². The predicted octanol–water partition coefficient (Wildman–Crippen LogP) is 5.85. The van der Waals surface area contributed by atoms with Crippen molar-refractivity contribution in [2.75, 3.05) is 0 Å². The molecule has 0 amide bonds. The fourth-order valence-corrected chi connectivity index (χ4v) is 2.83. The van der Waals surface area contributed by atoms with Gasteiger partial charge in [0.2, 0.25) is 0 Å². The zero-order valence-corrected chi connectivity index (χ0v) is 13.1. The number of unbranched alkanes of at least 4 members (excludes halogenated alkanes) is 1. The number of rotatable bonds is 7. The third-order valence-corrected chi connectivity index (χ3v) is 4.11. The van der Waals surface area contributed by atoms with E-state index in [1.165, 1.54) is 56.3 Å². The molecule has 106 valence electrons. The summed E-state index contributed by atoms with van der Waals surface area (Å²) in [5.74, 6) is 2.13. The van der Waals surface area contributed by atoms with Crippen molar-refractivity contribution in [1.29, 1.82) is 0 Å². The van der Waals surface area contributed by atoms with Crippen molar-refractivity contribution in [2.24, 2.45) is 5.92 Å². The van der Waals surface area contributed by atoms with Gasteiger partial charge < -0.3 is 4.74 Å². The van der Waals surface area contributed by atoms with Gasteiger partial charge >= 0.3 is 0 Å².